The van der Waals surface area contributed by atoms with Gasteiger partial charge >= 0.3 is 6.18 Å². The Labute approximate surface area is 147 Å². The van der Waals surface area contributed by atoms with Crippen LogP contribution in [0.5, 0.6) is 0 Å². The van der Waals surface area contributed by atoms with Crippen molar-refractivity contribution in [1.82, 2.24) is 5.32 Å². The highest BCUT2D eigenvalue weighted by Crippen LogP contribution is 2.32. The first-order valence-corrected chi connectivity index (χ1v) is 7.98. The number of anilines is 1. The molecule has 0 saturated carbocycles. The second kappa shape index (κ2) is 7.19. The number of nitrogens with zero attached hydrogens (tertiary/aromatic N) is 1. The van der Waals surface area contributed by atoms with E-state index in [9.17, 15) is 22.4 Å². The number of alkyl halides is 3. The Balaban J connectivity index is 1.67. The van der Waals surface area contributed by atoms with E-state index in [4.69, 9.17) is 0 Å². The first-order valence-electron chi connectivity index (χ1n) is 7.98. The van der Waals surface area contributed by atoms with Crippen molar-refractivity contribution in [2.75, 3.05) is 18.0 Å². The molecule has 2 aromatic carbocycles. The van der Waals surface area contributed by atoms with Gasteiger partial charge in [0.15, 0.2) is 0 Å². The van der Waals surface area contributed by atoms with E-state index in [1.54, 1.807) is 24.3 Å². The Kier molecular flexibility index (Phi) is 4.97. The van der Waals surface area contributed by atoms with Gasteiger partial charge in [0, 0.05) is 30.9 Å². The summed E-state index contributed by atoms with van der Waals surface area (Å²) < 4.78 is 52.0. The minimum absolute atomic E-state index is 0.188. The molecule has 136 valence electrons. The highest BCUT2D eigenvalue weighted by atomic mass is 19.4. The maximum atomic E-state index is 13.1. The normalized spacial score (nSPS) is 13.9. The van der Waals surface area contributed by atoms with E-state index >= 15 is 0 Å². The van der Waals surface area contributed by atoms with Crippen LogP contribution in [-0.4, -0.2) is 19.0 Å². The van der Waals surface area contributed by atoms with Crippen LogP contribution < -0.4 is 10.2 Å². The molecule has 3 rings (SSSR count). The van der Waals surface area contributed by atoms with Gasteiger partial charge in [-0.15, -0.1) is 0 Å². The average molecular weight is 364 g/mol. The molecule has 1 heterocycles. The summed E-state index contributed by atoms with van der Waals surface area (Å²) in [5.41, 5.74) is 0.0303. The number of nitrogens with one attached hydrogen (secondary N) is 1. The maximum Gasteiger partial charge on any atom is 0.416 e. The quantitative estimate of drug-likeness (QED) is 0.653. The van der Waals surface area contributed by atoms with Crippen LogP contribution in [0.15, 0.2) is 54.6 Å². The molecule has 0 saturated heterocycles. The Bertz CT molecular complexity index is 820. The molecule has 3 nitrogen and oxygen atoms in total. The molecule has 26 heavy (non-hydrogen) atoms. The van der Waals surface area contributed by atoms with Crippen molar-refractivity contribution in [3.8, 4) is 0 Å². The summed E-state index contributed by atoms with van der Waals surface area (Å²) in [5, 5.41) is 2.45. The van der Waals surface area contributed by atoms with Crippen LogP contribution in [0.2, 0.25) is 0 Å². The minimum atomic E-state index is -4.69. The van der Waals surface area contributed by atoms with Crippen molar-refractivity contribution in [2.24, 2.45) is 0 Å². The number of amides is 1. The van der Waals surface area contributed by atoms with Gasteiger partial charge in [0.1, 0.15) is 5.82 Å². The number of hydrogen-bond donors (Lipinski definition) is 1. The molecule has 0 fully saturated rings. The van der Waals surface area contributed by atoms with Gasteiger partial charge in [-0.2, -0.15) is 13.2 Å². The van der Waals surface area contributed by atoms with Gasteiger partial charge in [-0.25, -0.2) is 4.39 Å². The molecule has 0 aromatic heterocycles. The lowest BCUT2D eigenvalue weighted by molar-refractivity contribution is -0.138. The Morgan fingerprint density at radius 1 is 1.04 bits per heavy atom. The fraction of sp³-hybridized carbons (Fsp3) is 0.211. The minimum Gasteiger partial charge on any atom is -0.364 e. The molecule has 0 radical (unpaired) electrons. The molecule has 1 aliphatic rings. The van der Waals surface area contributed by atoms with Crippen LogP contribution in [0.3, 0.4) is 0 Å². The number of hydrogen-bond acceptors (Lipinski definition) is 2. The fourth-order valence-electron chi connectivity index (χ4n) is 2.76. The highest BCUT2D eigenvalue weighted by Gasteiger charge is 2.33. The van der Waals surface area contributed by atoms with E-state index in [1.165, 1.54) is 0 Å². The van der Waals surface area contributed by atoms with Gasteiger partial charge in [0.05, 0.1) is 5.56 Å². The highest BCUT2D eigenvalue weighted by molar-refractivity contribution is 5.94. The van der Waals surface area contributed by atoms with Crippen molar-refractivity contribution in [3.63, 3.8) is 0 Å². The molecule has 1 N–H and O–H groups in total. The van der Waals surface area contributed by atoms with Gasteiger partial charge in [-0.05, 0) is 42.0 Å². The largest absolute Gasteiger partial charge is 0.416 e. The van der Waals surface area contributed by atoms with E-state index in [-0.39, 0.29) is 12.1 Å². The van der Waals surface area contributed by atoms with Crippen LogP contribution in [0, 0.1) is 5.82 Å². The van der Waals surface area contributed by atoms with Gasteiger partial charge in [-0.3, -0.25) is 4.79 Å². The van der Waals surface area contributed by atoms with E-state index < -0.39 is 23.5 Å². The number of rotatable bonds is 4. The monoisotopic (exact) mass is 364 g/mol. The van der Waals surface area contributed by atoms with Gasteiger partial charge in [0.2, 0.25) is 0 Å². The SMILES string of the molecule is O=C(NCc1ccc(F)cc1C(F)(F)F)c1ccc(N2CC=CC2)cc1. The molecule has 0 spiro atoms. The smallest absolute Gasteiger partial charge is 0.364 e. The summed E-state index contributed by atoms with van der Waals surface area (Å²) in [6.45, 7) is 1.26. The van der Waals surface area contributed by atoms with Gasteiger partial charge in [-0.1, -0.05) is 18.2 Å². The molecule has 7 heteroatoms. The molecule has 0 bridgehead atoms. The van der Waals surface area contributed by atoms with E-state index in [0.29, 0.717) is 11.6 Å². The van der Waals surface area contributed by atoms with Gasteiger partial charge < -0.3 is 10.2 Å². The summed E-state index contributed by atoms with van der Waals surface area (Å²) in [7, 11) is 0. The van der Waals surface area contributed by atoms with Crippen molar-refractivity contribution in [3.05, 3.63) is 77.1 Å². The Hall–Kier alpha value is -2.83. The topological polar surface area (TPSA) is 32.3 Å². The molecule has 1 aliphatic heterocycles. The summed E-state index contributed by atoms with van der Waals surface area (Å²) in [6.07, 6.45) is -0.601. The number of carbonyl (C=O) groups is 1. The lowest BCUT2D eigenvalue weighted by Crippen LogP contribution is -2.25. The predicted octanol–water partition coefficient (Wildman–Crippen LogP) is 4.15. The first-order chi connectivity index (χ1) is 12.3. The maximum absolute atomic E-state index is 13.1. The molecule has 0 atom stereocenters. The Morgan fingerprint density at radius 2 is 1.69 bits per heavy atom. The van der Waals surface area contributed by atoms with Crippen LogP contribution in [0.25, 0.3) is 0 Å². The number of benzene rings is 2. The zero-order valence-electron chi connectivity index (χ0n) is 13.7. The fourth-order valence-corrected chi connectivity index (χ4v) is 2.76. The van der Waals surface area contributed by atoms with Gasteiger partial charge in [0.25, 0.3) is 5.91 Å². The zero-order valence-corrected chi connectivity index (χ0v) is 13.7. The Morgan fingerprint density at radius 3 is 2.31 bits per heavy atom. The molecular weight excluding hydrogens is 348 g/mol. The first kappa shape index (κ1) is 18.0. The van der Waals surface area contributed by atoms with E-state index in [2.05, 4.69) is 10.2 Å². The lowest BCUT2D eigenvalue weighted by Gasteiger charge is -2.18. The third kappa shape index (κ3) is 4.04. The zero-order chi connectivity index (χ0) is 18.7. The summed E-state index contributed by atoms with van der Waals surface area (Å²) in [5.74, 6) is -1.46. The van der Waals surface area contributed by atoms with Crippen LogP contribution >= 0.6 is 0 Å². The molecule has 2 aromatic rings. The van der Waals surface area contributed by atoms with Crippen molar-refractivity contribution >= 4 is 11.6 Å². The summed E-state index contributed by atoms with van der Waals surface area (Å²) >= 11 is 0. The van der Waals surface area contributed by atoms with E-state index in [1.807, 2.05) is 12.2 Å². The molecule has 0 unspecified atom stereocenters. The van der Waals surface area contributed by atoms with Crippen LogP contribution in [0.1, 0.15) is 21.5 Å². The standard InChI is InChI=1S/C19H16F4N2O/c20-15-6-3-14(17(11-15)19(21,22)23)12-24-18(26)13-4-7-16(8-5-13)25-9-1-2-10-25/h1-8,11H,9-10,12H2,(H,24,26). The van der Waals surface area contributed by atoms with Crippen molar-refractivity contribution < 1.29 is 22.4 Å². The third-order valence-electron chi connectivity index (χ3n) is 4.13. The summed E-state index contributed by atoms with van der Waals surface area (Å²) in [6, 6.07) is 9.23. The molecule has 1 amide bonds. The second-order valence-electron chi connectivity index (χ2n) is 5.91. The molecule has 0 aliphatic carbocycles. The second-order valence-corrected chi connectivity index (χ2v) is 5.91. The summed E-state index contributed by atoms with van der Waals surface area (Å²) in [4.78, 5) is 14.3. The van der Waals surface area contributed by atoms with E-state index in [0.717, 1.165) is 30.9 Å². The molecular formula is C19H16F4N2O. The lowest BCUT2D eigenvalue weighted by atomic mass is 10.1. The van der Waals surface area contributed by atoms with Crippen molar-refractivity contribution in [1.29, 1.82) is 0 Å². The number of carbonyl (C=O) groups excluding carboxylic acids is 1. The van der Waals surface area contributed by atoms with Crippen molar-refractivity contribution in [2.45, 2.75) is 12.7 Å². The van der Waals surface area contributed by atoms with Crippen LogP contribution in [-0.2, 0) is 12.7 Å². The van der Waals surface area contributed by atoms with Crippen LogP contribution in [0.4, 0.5) is 23.2 Å². The average Bonchev–Trinajstić information content (AvgIpc) is 3.14. The predicted molar refractivity (Wildman–Crippen MR) is 90.4 cm³/mol. The number of halogens is 4. The third-order valence-corrected chi connectivity index (χ3v) is 4.13.